The Morgan fingerprint density at radius 2 is 1.88 bits per heavy atom. The quantitative estimate of drug-likeness (QED) is 0.593. The topological polar surface area (TPSA) is 12.9 Å². The minimum atomic E-state index is -4.89. The van der Waals surface area contributed by atoms with Gasteiger partial charge in [0.25, 0.3) is 6.43 Å². The summed E-state index contributed by atoms with van der Waals surface area (Å²) in [5, 5.41) is -0.324. The van der Waals surface area contributed by atoms with E-state index in [1.807, 2.05) is 0 Å². The normalized spacial score (nSPS) is 12.2. The maximum absolute atomic E-state index is 12.9. The highest BCUT2D eigenvalue weighted by atomic mass is 79.9. The van der Waals surface area contributed by atoms with Crippen molar-refractivity contribution in [2.75, 3.05) is 0 Å². The Labute approximate surface area is 94.6 Å². The van der Waals surface area contributed by atoms with E-state index in [9.17, 15) is 26.3 Å². The first kappa shape index (κ1) is 13.3. The summed E-state index contributed by atoms with van der Waals surface area (Å²) in [5.74, 6) is -1.45. The first-order valence-corrected chi connectivity index (χ1v) is 5.00. The molecule has 0 N–H and O–H groups in total. The lowest BCUT2D eigenvalue weighted by atomic mass is 10.2. The second-order valence-corrected chi connectivity index (χ2v) is 3.36. The lowest BCUT2D eigenvalue weighted by molar-refractivity contribution is -0.142. The predicted octanol–water partition coefficient (Wildman–Crippen LogP) is 4.07. The fourth-order valence-electron chi connectivity index (χ4n) is 1.04. The molecule has 0 atom stereocenters. The molecule has 1 nitrogen and oxygen atoms in total. The Hall–Kier alpha value is -0.790. The molecule has 1 rings (SSSR count). The second-order valence-electron chi connectivity index (χ2n) is 2.80. The smallest absolute Gasteiger partial charge is 0.239 e. The van der Waals surface area contributed by atoms with Crippen LogP contribution in [0.1, 0.15) is 23.4 Å². The van der Waals surface area contributed by atoms with Crippen LogP contribution < -0.4 is 0 Å². The van der Waals surface area contributed by atoms with Gasteiger partial charge < -0.3 is 0 Å². The molecular formula is C8H4BrF6N. The Morgan fingerprint density at radius 1 is 1.31 bits per heavy atom. The third kappa shape index (κ3) is 2.66. The largest absolute Gasteiger partial charge is 0.433 e. The van der Waals surface area contributed by atoms with Gasteiger partial charge in [-0.05, 0) is 11.6 Å². The minimum Gasteiger partial charge on any atom is -0.239 e. The van der Waals surface area contributed by atoms with Crippen LogP contribution in [0, 0.1) is 5.82 Å². The highest BCUT2D eigenvalue weighted by Gasteiger charge is 2.37. The van der Waals surface area contributed by atoms with E-state index < -0.39 is 35.4 Å². The summed E-state index contributed by atoms with van der Waals surface area (Å²) in [6.07, 6.45) is -8.27. The number of hydrogen-bond donors (Lipinski definition) is 0. The van der Waals surface area contributed by atoms with Gasteiger partial charge in [-0.1, -0.05) is 15.9 Å². The molecule has 8 heteroatoms. The summed E-state index contributed by atoms with van der Waals surface area (Å²) >= 11 is 2.70. The molecule has 0 radical (unpaired) electrons. The van der Waals surface area contributed by atoms with Crippen LogP contribution in [0.5, 0.6) is 0 Å². The van der Waals surface area contributed by atoms with E-state index in [-0.39, 0.29) is 5.33 Å². The third-order valence-corrected chi connectivity index (χ3v) is 2.31. The number of pyridine rings is 1. The third-order valence-electron chi connectivity index (χ3n) is 1.70. The summed E-state index contributed by atoms with van der Waals surface area (Å²) in [4.78, 5) is 2.63. The summed E-state index contributed by atoms with van der Waals surface area (Å²) in [5.41, 5.74) is -3.51. The number of hydrogen-bond acceptors (Lipinski definition) is 1. The fourth-order valence-corrected chi connectivity index (χ4v) is 1.47. The molecule has 0 saturated carbocycles. The molecule has 0 aliphatic rings. The Kier molecular flexibility index (Phi) is 3.82. The van der Waals surface area contributed by atoms with Crippen molar-refractivity contribution in [1.82, 2.24) is 4.98 Å². The molecule has 1 heterocycles. The second kappa shape index (κ2) is 4.60. The summed E-state index contributed by atoms with van der Waals surface area (Å²) in [6.45, 7) is 0. The molecule has 0 aromatic carbocycles. The van der Waals surface area contributed by atoms with Crippen LogP contribution in [0.4, 0.5) is 26.3 Å². The molecule has 90 valence electrons. The number of alkyl halides is 6. The molecule has 0 bridgehead atoms. The van der Waals surface area contributed by atoms with Crippen molar-refractivity contribution in [2.45, 2.75) is 17.9 Å². The van der Waals surface area contributed by atoms with Crippen LogP contribution in [0.3, 0.4) is 0 Å². The van der Waals surface area contributed by atoms with Gasteiger partial charge in [-0.2, -0.15) is 13.2 Å². The van der Waals surface area contributed by atoms with Crippen LogP contribution in [-0.4, -0.2) is 4.98 Å². The molecule has 0 aliphatic carbocycles. The molecular weight excluding hydrogens is 304 g/mol. The van der Waals surface area contributed by atoms with Gasteiger partial charge in [0.2, 0.25) is 0 Å². The average molecular weight is 308 g/mol. The van der Waals surface area contributed by atoms with Crippen molar-refractivity contribution >= 4 is 15.9 Å². The molecule has 0 fully saturated rings. The Bertz CT molecular complexity index is 389. The molecule has 0 unspecified atom stereocenters. The SMILES string of the molecule is Fc1cc(CBr)c(C(F)(F)F)nc1C(F)F. The number of rotatable bonds is 2. The van der Waals surface area contributed by atoms with Crippen molar-refractivity contribution < 1.29 is 26.3 Å². The van der Waals surface area contributed by atoms with Crippen molar-refractivity contribution in [2.24, 2.45) is 0 Å². The van der Waals surface area contributed by atoms with Crippen molar-refractivity contribution in [3.05, 3.63) is 28.8 Å². The van der Waals surface area contributed by atoms with E-state index in [4.69, 9.17) is 0 Å². The Morgan fingerprint density at radius 3 is 2.25 bits per heavy atom. The van der Waals surface area contributed by atoms with E-state index in [0.29, 0.717) is 6.07 Å². The summed E-state index contributed by atoms with van der Waals surface area (Å²) < 4.78 is 74.3. The summed E-state index contributed by atoms with van der Waals surface area (Å²) in [7, 11) is 0. The summed E-state index contributed by atoms with van der Waals surface area (Å²) in [6, 6.07) is 0.409. The fraction of sp³-hybridized carbons (Fsp3) is 0.375. The zero-order valence-corrected chi connectivity index (χ0v) is 9.04. The molecule has 0 aliphatic heterocycles. The molecule has 1 aromatic heterocycles. The van der Waals surface area contributed by atoms with Crippen molar-refractivity contribution in [1.29, 1.82) is 0 Å². The molecule has 0 spiro atoms. The lowest BCUT2D eigenvalue weighted by Gasteiger charge is -2.12. The van der Waals surface area contributed by atoms with E-state index in [1.165, 1.54) is 0 Å². The Balaban J connectivity index is 3.41. The standard InChI is InChI=1S/C8H4BrF6N/c9-2-3-1-4(10)5(7(11)12)16-6(3)8(13,14)15/h1,7H,2H2. The predicted molar refractivity (Wildman–Crippen MR) is 46.8 cm³/mol. The molecule has 0 saturated heterocycles. The lowest BCUT2D eigenvalue weighted by Crippen LogP contribution is -2.14. The molecule has 16 heavy (non-hydrogen) atoms. The molecule has 0 amide bonds. The average Bonchev–Trinajstić information content (AvgIpc) is 2.14. The van der Waals surface area contributed by atoms with Gasteiger partial charge in [0.1, 0.15) is 11.4 Å². The van der Waals surface area contributed by atoms with Gasteiger partial charge in [0.05, 0.1) is 0 Å². The van der Waals surface area contributed by atoms with Crippen LogP contribution in [0.25, 0.3) is 0 Å². The highest BCUT2D eigenvalue weighted by molar-refractivity contribution is 9.08. The maximum atomic E-state index is 12.9. The van der Waals surface area contributed by atoms with Crippen molar-refractivity contribution in [3.8, 4) is 0 Å². The van der Waals surface area contributed by atoms with Gasteiger partial charge in [0.15, 0.2) is 5.82 Å². The van der Waals surface area contributed by atoms with Gasteiger partial charge in [-0.15, -0.1) is 0 Å². The van der Waals surface area contributed by atoms with Gasteiger partial charge in [-0.25, -0.2) is 18.2 Å². The van der Waals surface area contributed by atoms with E-state index in [1.54, 1.807) is 0 Å². The number of aromatic nitrogens is 1. The van der Waals surface area contributed by atoms with Gasteiger partial charge in [0, 0.05) is 5.33 Å². The first-order valence-electron chi connectivity index (χ1n) is 3.88. The zero-order chi connectivity index (χ0) is 12.5. The van der Waals surface area contributed by atoms with Crippen molar-refractivity contribution in [3.63, 3.8) is 0 Å². The highest BCUT2D eigenvalue weighted by Crippen LogP contribution is 2.34. The first-order chi connectivity index (χ1) is 7.27. The minimum absolute atomic E-state index is 0.324. The number of nitrogens with zero attached hydrogens (tertiary/aromatic N) is 1. The van der Waals surface area contributed by atoms with E-state index in [0.717, 1.165) is 0 Å². The van der Waals surface area contributed by atoms with Gasteiger partial charge >= 0.3 is 6.18 Å². The van der Waals surface area contributed by atoms with Gasteiger partial charge in [-0.3, -0.25) is 0 Å². The van der Waals surface area contributed by atoms with Crippen LogP contribution >= 0.6 is 15.9 Å². The monoisotopic (exact) mass is 307 g/mol. The van der Waals surface area contributed by atoms with Crippen LogP contribution in [0.15, 0.2) is 6.07 Å². The maximum Gasteiger partial charge on any atom is 0.433 e. The van der Waals surface area contributed by atoms with E-state index >= 15 is 0 Å². The van der Waals surface area contributed by atoms with Crippen LogP contribution in [0.2, 0.25) is 0 Å². The van der Waals surface area contributed by atoms with Crippen LogP contribution in [-0.2, 0) is 11.5 Å². The molecule has 1 aromatic rings. The zero-order valence-electron chi connectivity index (χ0n) is 7.45. The van der Waals surface area contributed by atoms with E-state index in [2.05, 4.69) is 20.9 Å². The number of halogens is 7.